The molecule has 6 nitrogen and oxygen atoms in total. The largest absolute Gasteiger partial charge is 0.506 e. The number of phenols is 1. The minimum absolute atomic E-state index is 0.116. The summed E-state index contributed by atoms with van der Waals surface area (Å²) < 4.78 is 5.21. The standard InChI is InChI=1S/C12H16N2O4/c13-10-2-1-8(5-11(10)16)12(17)14-3-4-18-7-9(14)6-15/h1-2,5,9,15-16H,3-4,6-7,13H2. The van der Waals surface area contributed by atoms with Gasteiger partial charge in [-0.3, -0.25) is 4.79 Å². The van der Waals surface area contributed by atoms with Gasteiger partial charge in [-0.05, 0) is 18.2 Å². The van der Waals surface area contributed by atoms with Crippen molar-refractivity contribution in [2.75, 3.05) is 32.1 Å². The van der Waals surface area contributed by atoms with Crippen LogP contribution in [0.15, 0.2) is 18.2 Å². The monoisotopic (exact) mass is 252 g/mol. The lowest BCUT2D eigenvalue weighted by atomic mass is 10.1. The predicted octanol–water partition coefficient (Wildman–Crippen LogP) is -0.192. The van der Waals surface area contributed by atoms with Crippen LogP contribution in [0.3, 0.4) is 0 Å². The molecule has 1 aromatic carbocycles. The number of aromatic hydroxyl groups is 1. The third kappa shape index (κ3) is 2.39. The van der Waals surface area contributed by atoms with Crippen molar-refractivity contribution in [2.24, 2.45) is 0 Å². The van der Waals surface area contributed by atoms with Crippen molar-refractivity contribution in [1.82, 2.24) is 4.90 Å². The number of anilines is 1. The molecule has 0 radical (unpaired) electrons. The summed E-state index contributed by atoms with van der Waals surface area (Å²) in [5, 5.41) is 18.7. The van der Waals surface area contributed by atoms with Crippen LogP contribution >= 0.6 is 0 Å². The van der Waals surface area contributed by atoms with E-state index in [1.165, 1.54) is 12.1 Å². The molecule has 0 aliphatic carbocycles. The van der Waals surface area contributed by atoms with E-state index in [0.29, 0.717) is 25.3 Å². The molecule has 1 aliphatic heterocycles. The molecule has 98 valence electrons. The number of benzene rings is 1. The molecule has 1 aromatic rings. The summed E-state index contributed by atoms with van der Waals surface area (Å²) >= 11 is 0. The lowest BCUT2D eigenvalue weighted by Gasteiger charge is -2.34. The molecule has 6 heteroatoms. The number of aliphatic hydroxyl groups is 1. The van der Waals surface area contributed by atoms with E-state index in [1.54, 1.807) is 11.0 Å². The quantitative estimate of drug-likeness (QED) is 0.500. The minimum Gasteiger partial charge on any atom is -0.506 e. The number of rotatable bonds is 2. The van der Waals surface area contributed by atoms with E-state index < -0.39 is 0 Å². The van der Waals surface area contributed by atoms with Gasteiger partial charge in [0.15, 0.2) is 0 Å². The molecule has 1 unspecified atom stereocenters. The zero-order valence-corrected chi connectivity index (χ0v) is 9.87. The molecular weight excluding hydrogens is 236 g/mol. The number of carbonyl (C=O) groups excluding carboxylic acids is 1. The first-order valence-corrected chi connectivity index (χ1v) is 5.71. The van der Waals surface area contributed by atoms with Gasteiger partial charge >= 0.3 is 0 Å². The van der Waals surface area contributed by atoms with Gasteiger partial charge in [-0.1, -0.05) is 0 Å². The molecule has 0 bridgehead atoms. The van der Waals surface area contributed by atoms with Crippen molar-refractivity contribution in [3.05, 3.63) is 23.8 Å². The normalized spacial score (nSPS) is 19.8. The number of phenolic OH excluding ortho intramolecular Hbond substituents is 1. The first kappa shape index (κ1) is 12.7. The van der Waals surface area contributed by atoms with Crippen LogP contribution in [0.4, 0.5) is 5.69 Å². The first-order chi connectivity index (χ1) is 8.63. The summed E-state index contributed by atoms with van der Waals surface area (Å²) in [5.74, 6) is -0.359. The van der Waals surface area contributed by atoms with Gasteiger partial charge in [-0.15, -0.1) is 0 Å². The number of nitrogens with two attached hydrogens (primary N) is 1. The van der Waals surface area contributed by atoms with Gasteiger partial charge in [0.05, 0.1) is 31.5 Å². The number of hydrogen-bond donors (Lipinski definition) is 3. The van der Waals surface area contributed by atoms with Gasteiger partial charge in [0.1, 0.15) is 5.75 Å². The SMILES string of the molecule is Nc1ccc(C(=O)N2CCOCC2CO)cc1O. The number of morpholine rings is 1. The Morgan fingerprint density at radius 2 is 2.33 bits per heavy atom. The highest BCUT2D eigenvalue weighted by molar-refractivity contribution is 5.95. The Hall–Kier alpha value is -1.79. The molecule has 1 atom stereocenters. The molecule has 1 aliphatic rings. The summed E-state index contributed by atoms with van der Waals surface area (Å²) in [6.07, 6.45) is 0. The fraction of sp³-hybridized carbons (Fsp3) is 0.417. The average Bonchev–Trinajstić information content (AvgIpc) is 2.41. The maximum absolute atomic E-state index is 12.2. The molecule has 2 rings (SSSR count). The van der Waals surface area contributed by atoms with Gasteiger partial charge in [0.25, 0.3) is 5.91 Å². The Bertz CT molecular complexity index is 450. The van der Waals surface area contributed by atoms with E-state index in [0.717, 1.165) is 0 Å². The Kier molecular flexibility index (Phi) is 3.69. The van der Waals surface area contributed by atoms with Crippen LogP contribution in [0.1, 0.15) is 10.4 Å². The van der Waals surface area contributed by atoms with Crippen molar-refractivity contribution in [2.45, 2.75) is 6.04 Å². The second-order valence-corrected chi connectivity index (χ2v) is 4.18. The number of carbonyl (C=O) groups is 1. The predicted molar refractivity (Wildman–Crippen MR) is 65.2 cm³/mol. The molecule has 1 amide bonds. The minimum atomic E-state index is -0.342. The second kappa shape index (κ2) is 5.24. The number of nitrogen functional groups attached to an aromatic ring is 1. The third-order valence-electron chi connectivity index (χ3n) is 2.98. The van der Waals surface area contributed by atoms with Crippen LogP contribution in [0.2, 0.25) is 0 Å². The van der Waals surface area contributed by atoms with Crippen LogP contribution < -0.4 is 5.73 Å². The smallest absolute Gasteiger partial charge is 0.254 e. The Balaban J connectivity index is 2.21. The van der Waals surface area contributed by atoms with Gasteiger partial charge in [0.2, 0.25) is 0 Å². The lowest BCUT2D eigenvalue weighted by molar-refractivity contribution is -0.0184. The first-order valence-electron chi connectivity index (χ1n) is 5.71. The van der Waals surface area contributed by atoms with Crippen molar-refractivity contribution in [3.8, 4) is 5.75 Å². The second-order valence-electron chi connectivity index (χ2n) is 4.18. The molecule has 0 spiro atoms. The van der Waals surface area contributed by atoms with Gasteiger partial charge in [0, 0.05) is 12.1 Å². The molecule has 0 aromatic heterocycles. The van der Waals surface area contributed by atoms with E-state index in [9.17, 15) is 15.0 Å². The van der Waals surface area contributed by atoms with Gasteiger partial charge in [-0.2, -0.15) is 0 Å². The average molecular weight is 252 g/mol. The van der Waals surface area contributed by atoms with E-state index in [2.05, 4.69) is 0 Å². The van der Waals surface area contributed by atoms with Crippen molar-refractivity contribution in [3.63, 3.8) is 0 Å². The van der Waals surface area contributed by atoms with Crippen LogP contribution in [0.25, 0.3) is 0 Å². The highest BCUT2D eigenvalue weighted by Gasteiger charge is 2.27. The van der Waals surface area contributed by atoms with Gasteiger partial charge < -0.3 is 25.6 Å². The molecule has 1 saturated heterocycles. The van der Waals surface area contributed by atoms with E-state index in [1.807, 2.05) is 0 Å². The van der Waals surface area contributed by atoms with Crippen molar-refractivity contribution >= 4 is 11.6 Å². The Morgan fingerprint density at radius 1 is 1.56 bits per heavy atom. The zero-order chi connectivity index (χ0) is 13.1. The number of ether oxygens (including phenoxy) is 1. The summed E-state index contributed by atoms with van der Waals surface area (Å²) in [6.45, 7) is 1.05. The van der Waals surface area contributed by atoms with Crippen LogP contribution in [0, 0.1) is 0 Å². The zero-order valence-electron chi connectivity index (χ0n) is 9.87. The molecule has 1 heterocycles. The highest BCUT2D eigenvalue weighted by Crippen LogP contribution is 2.22. The van der Waals surface area contributed by atoms with Crippen LogP contribution in [-0.4, -0.2) is 53.4 Å². The number of nitrogens with zero attached hydrogens (tertiary/aromatic N) is 1. The van der Waals surface area contributed by atoms with Crippen LogP contribution in [0.5, 0.6) is 5.75 Å². The number of aliphatic hydroxyl groups excluding tert-OH is 1. The van der Waals surface area contributed by atoms with Crippen molar-refractivity contribution < 1.29 is 19.7 Å². The summed E-state index contributed by atoms with van der Waals surface area (Å²) in [7, 11) is 0. The topological polar surface area (TPSA) is 96.0 Å². The van der Waals surface area contributed by atoms with E-state index >= 15 is 0 Å². The molecule has 4 N–H and O–H groups in total. The fourth-order valence-electron chi connectivity index (χ4n) is 1.92. The fourth-order valence-corrected chi connectivity index (χ4v) is 1.92. The highest BCUT2D eigenvalue weighted by atomic mass is 16.5. The molecular formula is C12H16N2O4. The maximum Gasteiger partial charge on any atom is 0.254 e. The van der Waals surface area contributed by atoms with Crippen LogP contribution in [-0.2, 0) is 4.74 Å². The Labute approximate surface area is 105 Å². The molecule has 1 fully saturated rings. The summed E-state index contributed by atoms with van der Waals surface area (Å²) in [5.41, 5.74) is 6.06. The van der Waals surface area contributed by atoms with Gasteiger partial charge in [-0.25, -0.2) is 0 Å². The summed E-state index contributed by atoms with van der Waals surface area (Å²) in [4.78, 5) is 13.8. The molecule has 0 saturated carbocycles. The van der Waals surface area contributed by atoms with E-state index in [4.69, 9.17) is 10.5 Å². The molecule has 18 heavy (non-hydrogen) atoms. The van der Waals surface area contributed by atoms with E-state index in [-0.39, 0.29) is 30.0 Å². The summed E-state index contributed by atoms with van der Waals surface area (Å²) in [6, 6.07) is 4.03. The maximum atomic E-state index is 12.2. The lowest BCUT2D eigenvalue weighted by Crippen LogP contribution is -2.50. The number of amides is 1. The number of hydrogen-bond acceptors (Lipinski definition) is 5. The Morgan fingerprint density at radius 3 is 3.00 bits per heavy atom. The van der Waals surface area contributed by atoms with Crippen molar-refractivity contribution in [1.29, 1.82) is 0 Å². The third-order valence-corrected chi connectivity index (χ3v) is 2.98.